The summed E-state index contributed by atoms with van der Waals surface area (Å²) in [7, 11) is 2.72. The molecule has 0 saturated carbocycles. The molecule has 0 aromatic rings. The highest BCUT2D eigenvalue weighted by Crippen LogP contribution is 2.16. The van der Waals surface area contributed by atoms with E-state index >= 15 is 0 Å². The normalized spacial score (nSPS) is 25.8. The van der Waals surface area contributed by atoms with Crippen LogP contribution in [0.3, 0.4) is 0 Å². The average molecular weight is 147 g/mol. The van der Waals surface area contributed by atoms with Crippen molar-refractivity contribution in [3.8, 4) is 0 Å². The van der Waals surface area contributed by atoms with E-state index in [0.29, 0.717) is 7.18 Å². The molecule has 1 atom stereocenters. The number of halogens is 1. The Balaban J connectivity index is 0.000000371. The summed E-state index contributed by atoms with van der Waals surface area (Å²) in [6.45, 7) is 3.59. The molecule has 1 fully saturated rings. The number of rotatable bonds is 1. The van der Waals surface area contributed by atoms with E-state index in [1.54, 1.807) is 0 Å². The second-order valence-electron chi connectivity index (χ2n) is 2.68. The van der Waals surface area contributed by atoms with Crippen LogP contribution in [0.4, 0.5) is 4.39 Å². The summed E-state index contributed by atoms with van der Waals surface area (Å²) in [5.41, 5.74) is 0. The van der Waals surface area contributed by atoms with Crippen molar-refractivity contribution in [2.24, 2.45) is 0 Å². The maximum Gasteiger partial charge on any atom is 0.0785 e. The van der Waals surface area contributed by atoms with Gasteiger partial charge in [0.25, 0.3) is 0 Å². The first-order chi connectivity index (χ1) is 4.84. The molecular formula is C8H18FN. The number of hydrogen-bond acceptors (Lipinski definition) is 1. The molecule has 0 radical (unpaired) electrons. The first-order valence-corrected chi connectivity index (χ1v) is 3.92. The topological polar surface area (TPSA) is 3.24 Å². The van der Waals surface area contributed by atoms with Crippen LogP contribution >= 0.6 is 0 Å². The highest BCUT2D eigenvalue weighted by molar-refractivity contribution is 4.73. The van der Waals surface area contributed by atoms with Crippen LogP contribution in [0.15, 0.2) is 0 Å². The highest BCUT2D eigenvalue weighted by Gasteiger charge is 2.17. The fraction of sp³-hybridized carbons (Fsp3) is 1.00. The Labute approximate surface area is 63.2 Å². The third kappa shape index (κ3) is 2.65. The van der Waals surface area contributed by atoms with Crippen LogP contribution in [-0.2, 0) is 0 Å². The van der Waals surface area contributed by atoms with Crippen molar-refractivity contribution >= 4 is 0 Å². The highest BCUT2D eigenvalue weighted by atomic mass is 19.1. The van der Waals surface area contributed by atoms with E-state index in [0.717, 1.165) is 6.04 Å². The summed E-state index contributed by atoms with van der Waals surface area (Å²) in [4.78, 5) is 2.46. The first-order valence-electron chi connectivity index (χ1n) is 3.92. The van der Waals surface area contributed by atoms with Crippen molar-refractivity contribution in [1.29, 1.82) is 0 Å². The van der Waals surface area contributed by atoms with Crippen LogP contribution in [0.2, 0.25) is 0 Å². The lowest BCUT2D eigenvalue weighted by Gasteiger charge is -2.16. The van der Waals surface area contributed by atoms with Gasteiger partial charge in [0.1, 0.15) is 0 Å². The smallest absolute Gasteiger partial charge is 0.0785 e. The average Bonchev–Trinajstić information content (AvgIpc) is 2.39. The second-order valence-corrected chi connectivity index (χ2v) is 2.68. The lowest BCUT2D eigenvalue weighted by atomic mass is 10.2. The number of hydrogen-bond donors (Lipinski definition) is 0. The zero-order valence-corrected chi connectivity index (χ0v) is 7.23. The molecule has 0 N–H and O–H groups in total. The number of alkyl halides is 1. The van der Waals surface area contributed by atoms with E-state index in [9.17, 15) is 4.39 Å². The van der Waals surface area contributed by atoms with Gasteiger partial charge in [0.05, 0.1) is 7.18 Å². The summed E-state index contributed by atoms with van der Waals surface area (Å²) in [5, 5.41) is 0. The van der Waals surface area contributed by atoms with E-state index in [1.807, 2.05) is 0 Å². The van der Waals surface area contributed by atoms with Gasteiger partial charge < -0.3 is 4.90 Å². The molecule has 2 heteroatoms. The van der Waals surface area contributed by atoms with Gasteiger partial charge in [-0.25, -0.2) is 0 Å². The monoisotopic (exact) mass is 147 g/mol. The maximum atomic E-state index is 9.50. The van der Waals surface area contributed by atoms with Gasteiger partial charge in [-0.1, -0.05) is 6.92 Å². The summed E-state index contributed by atoms with van der Waals surface area (Å²) >= 11 is 0. The second kappa shape index (κ2) is 5.66. The van der Waals surface area contributed by atoms with Crippen molar-refractivity contribution in [3.05, 3.63) is 0 Å². The fourth-order valence-electron chi connectivity index (χ4n) is 1.50. The summed E-state index contributed by atoms with van der Waals surface area (Å²) in [6.07, 6.45) is 4.17. The quantitative estimate of drug-likeness (QED) is 0.549. The third-order valence-corrected chi connectivity index (χ3v) is 2.14. The Morgan fingerprint density at radius 2 is 2.10 bits per heavy atom. The van der Waals surface area contributed by atoms with Gasteiger partial charge in [-0.2, -0.15) is 0 Å². The van der Waals surface area contributed by atoms with Gasteiger partial charge >= 0.3 is 0 Å². The Hall–Kier alpha value is -0.110. The summed E-state index contributed by atoms with van der Waals surface area (Å²) in [6, 6.07) is 0.898. The van der Waals surface area contributed by atoms with Crippen molar-refractivity contribution in [3.63, 3.8) is 0 Å². The van der Waals surface area contributed by atoms with Crippen LogP contribution in [0.5, 0.6) is 0 Å². The molecule has 1 rings (SSSR count). The third-order valence-electron chi connectivity index (χ3n) is 2.14. The van der Waals surface area contributed by atoms with Gasteiger partial charge in [0.2, 0.25) is 0 Å². The molecular weight excluding hydrogens is 129 g/mol. The number of likely N-dealkylation sites (tertiary alicyclic amines) is 1. The molecule has 1 saturated heterocycles. The fourth-order valence-corrected chi connectivity index (χ4v) is 1.50. The molecule has 0 aromatic carbocycles. The van der Waals surface area contributed by atoms with Crippen molar-refractivity contribution in [2.75, 3.05) is 20.8 Å². The largest absolute Gasteiger partial charge is 0.303 e. The standard InChI is InChI=1S/C7H15N.CH3F/c1-3-7-5-4-6-8(7)2;1-2/h7H,3-6H2,1-2H3;1H3. The Bertz CT molecular complexity index is 75.7. The molecule has 1 aliphatic heterocycles. The van der Waals surface area contributed by atoms with Gasteiger partial charge in [0, 0.05) is 6.04 Å². The zero-order chi connectivity index (χ0) is 7.98. The van der Waals surface area contributed by atoms with Crippen molar-refractivity contribution in [1.82, 2.24) is 4.90 Å². The van der Waals surface area contributed by atoms with Crippen LogP contribution < -0.4 is 0 Å². The molecule has 1 nitrogen and oxygen atoms in total. The molecule has 0 bridgehead atoms. The SMILES string of the molecule is CCC1CCCN1C.CF. The minimum Gasteiger partial charge on any atom is -0.303 e. The van der Waals surface area contributed by atoms with Gasteiger partial charge in [0.15, 0.2) is 0 Å². The molecule has 0 aromatic heterocycles. The molecule has 0 spiro atoms. The van der Waals surface area contributed by atoms with E-state index < -0.39 is 0 Å². The molecule has 62 valence electrons. The minimum atomic E-state index is 0.500. The predicted molar refractivity (Wildman–Crippen MR) is 43.0 cm³/mol. The number of nitrogens with zero attached hydrogens (tertiary/aromatic N) is 1. The van der Waals surface area contributed by atoms with E-state index in [1.165, 1.54) is 25.8 Å². The van der Waals surface area contributed by atoms with Gasteiger partial charge in [-0.05, 0) is 32.9 Å². The minimum absolute atomic E-state index is 0.500. The zero-order valence-electron chi connectivity index (χ0n) is 7.23. The lowest BCUT2D eigenvalue weighted by molar-refractivity contribution is 0.304. The Morgan fingerprint density at radius 3 is 2.30 bits per heavy atom. The lowest BCUT2D eigenvalue weighted by Crippen LogP contribution is -2.23. The first kappa shape index (κ1) is 9.89. The van der Waals surface area contributed by atoms with Crippen molar-refractivity contribution < 1.29 is 4.39 Å². The van der Waals surface area contributed by atoms with Gasteiger partial charge in [-0.3, -0.25) is 4.39 Å². The molecule has 1 heterocycles. The molecule has 10 heavy (non-hydrogen) atoms. The Kier molecular flexibility index (Phi) is 5.60. The van der Waals surface area contributed by atoms with E-state index in [2.05, 4.69) is 18.9 Å². The predicted octanol–water partition coefficient (Wildman–Crippen LogP) is 2.08. The van der Waals surface area contributed by atoms with Crippen molar-refractivity contribution in [2.45, 2.75) is 32.2 Å². The maximum absolute atomic E-state index is 9.50. The van der Waals surface area contributed by atoms with E-state index in [4.69, 9.17) is 0 Å². The van der Waals surface area contributed by atoms with Crippen LogP contribution in [0.25, 0.3) is 0 Å². The van der Waals surface area contributed by atoms with E-state index in [-0.39, 0.29) is 0 Å². The summed E-state index contributed by atoms with van der Waals surface area (Å²) in [5.74, 6) is 0. The molecule has 1 aliphatic rings. The molecule has 0 amide bonds. The van der Waals surface area contributed by atoms with Gasteiger partial charge in [-0.15, -0.1) is 0 Å². The molecule has 1 unspecified atom stereocenters. The Morgan fingerprint density at radius 1 is 1.50 bits per heavy atom. The molecule has 0 aliphatic carbocycles. The van der Waals surface area contributed by atoms with Crippen LogP contribution in [0.1, 0.15) is 26.2 Å². The van der Waals surface area contributed by atoms with Crippen LogP contribution in [-0.4, -0.2) is 31.7 Å². The van der Waals surface area contributed by atoms with Crippen LogP contribution in [0, 0.1) is 0 Å². The summed E-state index contributed by atoms with van der Waals surface area (Å²) < 4.78 is 9.50.